The van der Waals surface area contributed by atoms with E-state index in [1.54, 1.807) is 6.33 Å². The van der Waals surface area contributed by atoms with Gasteiger partial charge in [-0.3, -0.25) is 5.10 Å². The van der Waals surface area contributed by atoms with Gasteiger partial charge in [-0.15, -0.1) is 0 Å². The summed E-state index contributed by atoms with van der Waals surface area (Å²) in [6.07, 6.45) is 7.28. The molecule has 4 aromatic carbocycles. The van der Waals surface area contributed by atoms with Gasteiger partial charge in [-0.1, -0.05) is 38.1 Å². The molecule has 0 bridgehead atoms. The van der Waals surface area contributed by atoms with Crippen molar-refractivity contribution in [2.45, 2.75) is 26.7 Å². The fourth-order valence-corrected chi connectivity index (χ4v) is 5.65. The molecule has 8 rings (SSSR count). The van der Waals surface area contributed by atoms with Crippen molar-refractivity contribution in [2.75, 3.05) is 0 Å². The highest BCUT2D eigenvalue weighted by Gasteiger charge is 2.18. The molecule has 0 unspecified atom stereocenters. The van der Waals surface area contributed by atoms with E-state index in [0.717, 1.165) is 88.1 Å². The Bertz CT molecular complexity index is 2240. The molecular weight excluding hydrogens is 472 g/mol. The van der Waals surface area contributed by atoms with E-state index in [1.807, 2.05) is 25.5 Å². The third kappa shape index (κ3) is 2.85. The average molecular weight is 495 g/mol. The Hall–Kier alpha value is -4.98. The zero-order valence-electron chi connectivity index (χ0n) is 21.0. The minimum Gasteiger partial charge on any atom is -0.340 e. The minimum atomic E-state index is 0.246. The standard InChI is InChI=1S/C30H22N8/c1-14(2)30-37-26-18-6-4-16(8-20(18)22-11-33-34-12-24(22)28(26)38-30)17-5-7-19-21(9-17)23-10-31-13-32-25(23)29-27(19)35-15(3)36-29/h4-14,33H,1-3H3,(H,35,36). The van der Waals surface area contributed by atoms with Gasteiger partial charge in [0.2, 0.25) is 0 Å². The minimum absolute atomic E-state index is 0.246. The molecule has 0 atom stereocenters. The Morgan fingerprint density at radius 2 is 1.37 bits per heavy atom. The van der Waals surface area contributed by atoms with E-state index in [2.05, 4.69) is 75.4 Å². The lowest BCUT2D eigenvalue weighted by molar-refractivity contribution is 0.799. The van der Waals surface area contributed by atoms with E-state index in [4.69, 9.17) is 15.0 Å². The number of aromatic nitrogens is 8. The summed E-state index contributed by atoms with van der Waals surface area (Å²) < 4.78 is 0. The van der Waals surface area contributed by atoms with Gasteiger partial charge in [0.15, 0.2) is 0 Å². The molecule has 8 heteroatoms. The molecule has 0 aliphatic rings. The van der Waals surface area contributed by atoms with Gasteiger partial charge in [0, 0.05) is 45.2 Å². The smallest absolute Gasteiger partial charge is 0.132 e. The molecule has 0 saturated carbocycles. The normalized spacial score (nSPS) is 12.3. The SMILES string of the molecule is Cc1nc2c3ccc(-c4ccc5c(c4)c4c[nH]ncc4c4nc(C(C)C)nc54)cc3c3cncnc3c2[nH]1. The molecule has 2 N–H and O–H groups in total. The van der Waals surface area contributed by atoms with Gasteiger partial charge in [-0.2, -0.15) is 5.10 Å². The summed E-state index contributed by atoms with van der Waals surface area (Å²) in [5.74, 6) is 1.97. The highest BCUT2D eigenvalue weighted by atomic mass is 15.1. The molecule has 4 heterocycles. The first kappa shape index (κ1) is 21.1. The van der Waals surface area contributed by atoms with Gasteiger partial charge >= 0.3 is 0 Å². The summed E-state index contributed by atoms with van der Waals surface area (Å²) in [6, 6.07) is 13.1. The Morgan fingerprint density at radius 3 is 2.13 bits per heavy atom. The molecular formula is C30H22N8. The van der Waals surface area contributed by atoms with Crippen molar-refractivity contribution in [1.29, 1.82) is 0 Å². The van der Waals surface area contributed by atoms with E-state index in [0.29, 0.717) is 0 Å². The largest absolute Gasteiger partial charge is 0.340 e. The molecule has 0 fully saturated rings. The summed E-state index contributed by atoms with van der Waals surface area (Å²) in [6.45, 7) is 6.21. The van der Waals surface area contributed by atoms with E-state index >= 15 is 0 Å². The van der Waals surface area contributed by atoms with Crippen LogP contribution < -0.4 is 0 Å². The summed E-state index contributed by atoms with van der Waals surface area (Å²) >= 11 is 0. The number of H-pyrrole nitrogens is 2. The van der Waals surface area contributed by atoms with Gasteiger partial charge in [0.05, 0.1) is 28.3 Å². The highest BCUT2D eigenvalue weighted by Crippen LogP contribution is 2.38. The van der Waals surface area contributed by atoms with E-state index in [1.165, 1.54) is 0 Å². The lowest BCUT2D eigenvalue weighted by Gasteiger charge is -2.10. The molecule has 8 aromatic rings. The number of nitrogens with one attached hydrogen (secondary N) is 2. The van der Waals surface area contributed by atoms with Crippen LogP contribution in [0, 0.1) is 6.92 Å². The number of aryl methyl sites for hydroxylation is 1. The fourth-order valence-electron chi connectivity index (χ4n) is 5.65. The van der Waals surface area contributed by atoms with E-state index in [-0.39, 0.29) is 5.92 Å². The molecule has 0 aliphatic heterocycles. The van der Waals surface area contributed by atoms with Crippen molar-refractivity contribution in [2.24, 2.45) is 0 Å². The Balaban J connectivity index is 1.42. The second-order valence-electron chi connectivity index (χ2n) is 10.1. The summed E-state index contributed by atoms with van der Waals surface area (Å²) in [5.41, 5.74) is 6.81. The number of benzene rings is 4. The zero-order chi connectivity index (χ0) is 25.5. The quantitative estimate of drug-likeness (QED) is 0.258. The number of rotatable bonds is 2. The number of imidazole rings is 2. The topological polar surface area (TPSA) is 109 Å². The van der Waals surface area contributed by atoms with Crippen LogP contribution >= 0.6 is 0 Å². The number of aromatic amines is 2. The second-order valence-corrected chi connectivity index (χ2v) is 10.1. The second kappa shape index (κ2) is 7.52. The molecule has 38 heavy (non-hydrogen) atoms. The van der Waals surface area contributed by atoms with E-state index in [9.17, 15) is 0 Å². The van der Waals surface area contributed by atoms with Crippen molar-refractivity contribution in [3.63, 3.8) is 0 Å². The summed E-state index contributed by atoms with van der Waals surface area (Å²) in [5, 5.41) is 14.7. The van der Waals surface area contributed by atoms with Crippen molar-refractivity contribution in [3.8, 4) is 11.1 Å². The third-order valence-electron chi connectivity index (χ3n) is 7.45. The van der Waals surface area contributed by atoms with Gasteiger partial charge in [0.1, 0.15) is 23.5 Å². The van der Waals surface area contributed by atoms with Gasteiger partial charge in [-0.25, -0.2) is 24.9 Å². The lowest BCUT2D eigenvalue weighted by Crippen LogP contribution is -1.89. The molecule has 8 nitrogen and oxygen atoms in total. The maximum atomic E-state index is 4.93. The highest BCUT2D eigenvalue weighted by molar-refractivity contribution is 6.24. The van der Waals surface area contributed by atoms with Crippen molar-refractivity contribution in [1.82, 2.24) is 40.1 Å². The average Bonchev–Trinajstić information content (AvgIpc) is 3.58. The number of hydrogen-bond donors (Lipinski definition) is 2. The van der Waals surface area contributed by atoms with E-state index < -0.39 is 0 Å². The molecule has 0 saturated heterocycles. The van der Waals surface area contributed by atoms with Crippen LogP contribution in [0.15, 0.2) is 61.3 Å². The summed E-state index contributed by atoms with van der Waals surface area (Å²) in [4.78, 5) is 26.9. The molecule has 182 valence electrons. The molecule has 0 radical (unpaired) electrons. The van der Waals surface area contributed by atoms with Crippen LogP contribution in [-0.2, 0) is 0 Å². The predicted octanol–water partition coefficient (Wildman–Crippen LogP) is 6.73. The summed E-state index contributed by atoms with van der Waals surface area (Å²) in [7, 11) is 0. The first-order valence-electron chi connectivity index (χ1n) is 12.6. The van der Waals surface area contributed by atoms with Crippen LogP contribution in [0.5, 0.6) is 0 Å². The maximum absolute atomic E-state index is 4.93. The number of hydrogen-bond acceptors (Lipinski definition) is 6. The van der Waals surface area contributed by atoms with Gasteiger partial charge in [-0.05, 0) is 41.0 Å². The Labute approximate surface area is 216 Å². The van der Waals surface area contributed by atoms with Crippen LogP contribution in [0.4, 0.5) is 0 Å². The van der Waals surface area contributed by atoms with Crippen LogP contribution in [0.25, 0.3) is 76.4 Å². The Morgan fingerprint density at radius 1 is 0.684 bits per heavy atom. The monoisotopic (exact) mass is 494 g/mol. The predicted molar refractivity (Wildman–Crippen MR) is 151 cm³/mol. The van der Waals surface area contributed by atoms with Crippen molar-refractivity contribution >= 4 is 65.3 Å². The van der Waals surface area contributed by atoms with Crippen LogP contribution in [-0.4, -0.2) is 40.1 Å². The first-order chi connectivity index (χ1) is 18.6. The molecule has 4 aromatic heterocycles. The molecule has 0 amide bonds. The molecule has 0 aliphatic carbocycles. The molecule has 0 spiro atoms. The third-order valence-corrected chi connectivity index (χ3v) is 7.45. The lowest BCUT2D eigenvalue weighted by atomic mass is 9.95. The fraction of sp³-hybridized carbons (Fsp3) is 0.133. The van der Waals surface area contributed by atoms with Crippen LogP contribution in [0.1, 0.15) is 31.4 Å². The zero-order valence-corrected chi connectivity index (χ0v) is 21.0. The van der Waals surface area contributed by atoms with Gasteiger partial charge in [0.25, 0.3) is 0 Å². The van der Waals surface area contributed by atoms with Crippen LogP contribution in [0.3, 0.4) is 0 Å². The van der Waals surface area contributed by atoms with Gasteiger partial charge < -0.3 is 4.98 Å². The van der Waals surface area contributed by atoms with Crippen molar-refractivity contribution < 1.29 is 0 Å². The Kier molecular flexibility index (Phi) is 4.18. The number of fused-ring (bicyclic) bond motifs is 12. The van der Waals surface area contributed by atoms with Crippen LogP contribution in [0.2, 0.25) is 0 Å². The number of nitrogens with zero attached hydrogens (tertiary/aromatic N) is 6. The first-order valence-corrected chi connectivity index (χ1v) is 12.6. The van der Waals surface area contributed by atoms with Crippen molar-refractivity contribution in [3.05, 3.63) is 73.0 Å². The maximum Gasteiger partial charge on any atom is 0.132 e.